The van der Waals surface area contributed by atoms with Gasteiger partial charge in [0.1, 0.15) is 0 Å². The number of hydrogen-bond donors (Lipinski definition) is 1. The van der Waals surface area contributed by atoms with Gasteiger partial charge in [0, 0.05) is 30.8 Å². The molecule has 1 N–H and O–H groups in total. The van der Waals surface area contributed by atoms with Crippen LogP contribution in [0.25, 0.3) is 0 Å². The van der Waals surface area contributed by atoms with E-state index in [1.165, 1.54) is 0 Å². The molecule has 3 nitrogen and oxygen atoms in total. The van der Waals surface area contributed by atoms with Crippen LogP contribution in [0.1, 0.15) is 18.5 Å². The fourth-order valence-electron chi connectivity index (χ4n) is 1.35. The van der Waals surface area contributed by atoms with Gasteiger partial charge in [-0.05, 0) is 25.0 Å². The first kappa shape index (κ1) is 9.19. The second-order valence-electron chi connectivity index (χ2n) is 3.64. The average molecular weight is 190 g/mol. The number of pyridine rings is 1. The Bertz CT molecular complexity index is 306. The Kier molecular flexibility index (Phi) is 2.77. The summed E-state index contributed by atoms with van der Waals surface area (Å²) < 4.78 is 0. The fourth-order valence-corrected chi connectivity index (χ4v) is 1.35. The Morgan fingerprint density at radius 2 is 2.36 bits per heavy atom. The highest BCUT2D eigenvalue weighted by Gasteiger charge is 2.28. The van der Waals surface area contributed by atoms with Gasteiger partial charge >= 0.3 is 0 Å². The van der Waals surface area contributed by atoms with Crippen LogP contribution in [0.2, 0.25) is 0 Å². The second-order valence-corrected chi connectivity index (χ2v) is 3.64. The number of nitrogens with one attached hydrogen (secondary N) is 1. The van der Waals surface area contributed by atoms with E-state index in [1.54, 1.807) is 6.20 Å². The van der Waals surface area contributed by atoms with E-state index in [1.807, 2.05) is 18.2 Å². The molecule has 0 aromatic carbocycles. The highest BCUT2D eigenvalue weighted by atomic mass is 16.2. The summed E-state index contributed by atoms with van der Waals surface area (Å²) in [7, 11) is 0. The maximum absolute atomic E-state index is 11.3. The van der Waals surface area contributed by atoms with Gasteiger partial charge in [-0.3, -0.25) is 9.78 Å². The molecule has 0 aliphatic heterocycles. The molecule has 74 valence electrons. The summed E-state index contributed by atoms with van der Waals surface area (Å²) >= 11 is 0. The van der Waals surface area contributed by atoms with Gasteiger partial charge in [-0.15, -0.1) is 0 Å². The van der Waals surface area contributed by atoms with Gasteiger partial charge in [-0.1, -0.05) is 6.07 Å². The maximum atomic E-state index is 11.3. The Labute approximate surface area is 83.5 Å². The third-order valence-corrected chi connectivity index (χ3v) is 2.35. The van der Waals surface area contributed by atoms with Gasteiger partial charge < -0.3 is 5.32 Å². The van der Waals surface area contributed by atoms with Crippen molar-refractivity contribution in [1.82, 2.24) is 10.3 Å². The molecule has 2 rings (SSSR count). The van der Waals surface area contributed by atoms with Crippen LogP contribution in [-0.2, 0) is 11.2 Å². The third-order valence-electron chi connectivity index (χ3n) is 2.35. The van der Waals surface area contributed by atoms with E-state index in [2.05, 4.69) is 10.3 Å². The molecule has 1 aromatic rings. The van der Waals surface area contributed by atoms with Crippen molar-refractivity contribution in [1.29, 1.82) is 0 Å². The van der Waals surface area contributed by atoms with Gasteiger partial charge in [-0.25, -0.2) is 0 Å². The standard InChI is InChI=1S/C11H14N2O/c14-11(9-4-5-9)13-8-6-10-3-1-2-7-12-10/h1-3,7,9H,4-6,8H2,(H,13,14). The Morgan fingerprint density at radius 1 is 1.50 bits per heavy atom. The zero-order valence-electron chi connectivity index (χ0n) is 8.07. The summed E-state index contributed by atoms with van der Waals surface area (Å²) in [5.74, 6) is 0.514. The highest BCUT2D eigenvalue weighted by Crippen LogP contribution is 2.28. The van der Waals surface area contributed by atoms with E-state index in [4.69, 9.17) is 0 Å². The first-order chi connectivity index (χ1) is 6.86. The minimum atomic E-state index is 0.209. The largest absolute Gasteiger partial charge is 0.355 e. The molecule has 1 aromatic heterocycles. The molecule has 0 spiro atoms. The van der Waals surface area contributed by atoms with E-state index in [-0.39, 0.29) is 5.91 Å². The number of nitrogens with zero attached hydrogens (tertiary/aromatic N) is 1. The number of aromatic nitrogens is 1. The molecule has 1 aliphatic rings. The van der Waals surface area contributed by atoms with Crippen LogP contribution in [0.15, 0.2) is 24.4 Å². The lowest BCUT2D eigenvalue weighted by molar-refractivity contribution is -0.122. The van der Waals surface area contributed by atoms with Gasteiger partial charge in [-0.2, -0.15) is 0 Å². The number of hydrogen-bond acceptors (Lipinski definition) is 2. The summed E-state index contributed by atoms with van der Waals surface area (Å²) in [6.45, 7) is 0.701. The zero-order chi connectivity index (χ0) is 9.80. The minimum absolute atomic E-state index is 0.209. The molecule has 1 heterocycles. The molecule has 1 amide bonds. The maximum Gasteiger partial charge on any atom is 0.223 e. The lowest BCUT2D eigenvalue weighted by Crippen LogP contribution is -2.27. The van der Waals surface area contributed by atoms with Gasteiger partial charge in [0.25, 0.3) is 0 Å². The molecule has 1 saturated carbocycles. The van der Waals surface area contributed by atoms with Crippen molar-refractivity contribution in [2.75, 3.05) is 6.54 Å². The van der Waals surface area contributed by atoms with Crippen LogP contribution >= 0.6 is 0 Å². The Balaban J connectivity index is 1.70. The molecule has 3 heteroatoms. The van der Waals surface area contributed by atoms with E-state index >= 15 is 0 Å². The van der Waals surface area contributed by atoms with Crippen LogP contribution in [0.5, 0.6) is 0 Å². The van der Waals surface area contributed by atoms with Gasteiger partial charge in [0.05, 0.1) is 0 Å². The summed E-state index contributed by atoms with van der Waals surface area (Å²) in [4.78, 5) is 15.4. The monoisotopic (exact) mass is 190 g/mol. The van der Waals surface area contributed by atoms with Crippen molar-refractivity contribution in [2.24, 2.45) is 5.92 Å². The van der Waals surface area contributed by atoms with E-state index in [0.717, 1.165) is 25.0 Å². The van der Waals surface area contributed by atoms with Crippen LogP contribution in [-0.4, -0.2) is 17.4 Å². The van der Waals surface area contributed by atoms with Crippen LogP contribution in [0, 0.1) is 5.92 Å². The molecule has 1 fully saturated rings. The van der Waals surface area contributed by atoms with E-state index in [9.17, 15) is 4.79 Å². The predicted octanol–water partition coefficient (Wildman–Crippen LogP) is 1.15. The minimum Gasteiger partial charge on any atom is -0.355 e. The molecule has 0 radical (unpaired) electrons. The van der Waals surface area contributed by atoms with Crippen LogP contribution < -0.4 is 5.32 Å². The summed E-state index contributed by atoms with van der Waals surface area (Å²) in [6, 6.07) is 5.83. The van der Waals surface area contributed by atoms with Crippen molar-refractivity contribution in [3.05, 3.63) is 30.1 Å². The number of amides is 1. The highest BCUT2D eigenvalue weighted by molar-refractivity contribution is 5.80. The van der Waals surface area contributed by atoms with E-state index < -0.39 is 0 Å². The molecule has 0 atom stereocenters. The normalized spacial score (nSPS) is 15.1. The number of carbonyl (C=O) groups excluding carboxylic acids is 1. The SMILES string of the molecule is O=C(NCCc1ccccn1)C1CC1. The molecular formula is C11H14N2O. The molecule has 0 unspecified atom stereocenters. The first-order valence-corrected chi connectivity index (χ1v) is 5.04. The topological polar surface area (TPSA) is 42.0 Å². The number of rotatable bonds is 4. The average Bonchev–Trinajstić information content (AvgIpc) is 3.02. The third kappa shape index (κ3) is 2.55. The summed E-state index contributed by atoms with van der Waals surface area (Å²) in [5, 5.41) is 2.91. The van der Waals surface area contributed by atoms with Crippen molar-refractivity contribution in [3.63, 3.8) is 0 Å². The van der Waals surface area contributed by atoms with Crippen molar-refractivity contribution in [2.45, 2.75) is 19.3 Å². The molecule has 14 heavy (non-hydrogen) atoms. The van der Waals surface area contributed by atoms with E-state index in [0.29, 0.717) is 12.5 Å². The zero-order valence-corrected chi connectivity index (χ0v) is 8.07. The lowest BCUT2D eigenvalue weighted by Gasteiger charge is -2.02. The Hall–Kier alpha value is -1.38. The van der Waals surface area contributed by atoms with Gasteiger partial charge in [0.2, 0.25) is 5.91 Å². The first-order valence-electron chi connectivity index (χ1n) is 5.04. The second kappa shape index (κ2) is 4.22. The van der Waals surface area contributed by atoms with Crippen molar-refractivity contribution in [3.8, 4) is 0 Å². The van der Waals surface area contributed by atoms with Crippen molar-refractivity contribution >= 4 is 5.91 Å². The summed E-state index contributed by atoms with van der Waals surface area (Å²) in [6.07, 6.45) is 4.72. The predicted molar refractivity (Wildman–Crippen MR) is 53.7 cm³/mol. The number of carbonyl (C=O) groups is 1. The molecular weight excluding hydrogens is 176 g/mol. The Morgan fingerprint density at radius 3 is 3.00 bits per heavy atom. The molecule has 1 aliphatic carbocycles. The smallest absolute Gasteiger partial charge is 0.223 e. The molecule has 0 saturated heterocycles. The van der Waals surface area contributed by atoms with Crippen molar-refractivity contribution < 1.29 is 4.79 Å². The van der Waals surface area contributed by atoms with Crippen LogP contribution in [0.4, 0.5) is 0 Å². The molecule has 0 bridgehead atoms. The van der Waals surface area contributed by atoms with Gasteiger partial charge in [0.15, 0.2) is 0 Å². The fraction of sp³-hybridized carbons (Fsp3) is 0.455. The summed E-state index contributed by atoms with van der Waals surface area (Å²) in [5.41, 5.74) is 1.03. The van der Waals surface area contributed by atoms with Crippen LogP contribution in [0.3, 0.4) is 0 Å². The lowest BCUT2D eigenvalue weighted by atomic mass is 10.2. The quantitative estimate of drug-likeness (QED) is 0.773.